The Morgan fingerprint density at radius 1 is 1.06 bits per heavy atom. The number of carbonyl (C=O) groups is 1. The highest BCUT2D eigenvalue weighted by atomic mass is 79.9. The lowest BCUT2D eigenvalue weighted by atomic mass is 10.2. The Kier molecular flexibility index (Phi) is 9.03. The van der Waals surface area contributed by atoms with Crippen LogP contribution in [0.3, 0.4) is 0 Å². The Morgan fingerprint density at radius 2 is 1.74 bits per heavy atom. The Balaban J connectivity index is 0.00000341. The lowest BCUT2D eigenvalue weighted by molar-refractivity contribution is 0.0983. The van der Waals surface area contributed by atoms with Crippen LogP contribution in [0.4, 0.5) is 5.13 Å². The quantitative estimate of drug-likeness (QED) is 0.403. The van der Waals surface area contributed by atoms with Crippen molar-refractivity contribution in [1.29, 1.82) is 0 Å². The lowest BCUT2D eigenvalue weighted by Gasteiger charge is -2.25. The molecule has 0 aliphatic heterocycles. The van der Waals surface area contributed by atoms with Crippen molar-refractivity contribution in [3.8, 4) is 0 Å². The molecule has 2 aromatic carbocycles. The molecule has 0 bridgehead atoms. The highest BCUT2D eigenvalue weighted by molar-refractivity contribution is 9.10. The lowest BCUT2D eigenvalue weighted by Crippen LogP contribution is -2.39. The van der Waals surface area contributed by atoms with Crippen LogP contribution in [0.5, 0.6) is 0 Å². The normalized spacial score (nSPS) is 11.5. The first-order valence-electron chi connectivity index (χ1n) is 9.64. The third kappa shape index (κ3) is 5.84. The number of sulfone groups is 1. The summed E-state index contributed by atoms with van der Waals surface area (Å²) in [5.74, 6) is -0.172. The molecule has 3 aromatic rings. The molecule has 3 rings (SSSR count). The van der Waals surface area contributed by atoms with Gasteiger partial charge in [0.15, 0.2) is 15.0 Å². The average Bonchev–Trinajstić information content (AvgIpc) is 3.14. The number of amides is 1. The van der Waals surface area contributed by atoms with Gasteiger partial charge in [-0.15, -0.1) is 12.4 Å². The van der Waals surface area contributed by atoms with Crippen LogP contribution in [-0.4, -0.2) is 56.6 Å². The van der Waals surface area contributed by atoms with Crippen molar-refractivity contribution >= 4 is 70.8 Å². The molecule has 0 spiro atoms. The van der Waals surface area contributed by atoms with Crippen molar-refractivity contribution in [2.45, 2.75) is 18.7 Å². The second-order valence-corrected chi connectivity index (χ2v) is 10.7. The minimum Gasteiger partial charge on any atom is -0.302 e. The van der Waals surface area contributed by atoms with Gasteiger partial charge in [-0.2, -0.15) is 0 Å². The molecule has 31 heavy (non-hydrogen) atoms. The van der Waals surface area contributed by atoms with Crippen molar-refractivity contribution < 1.29 is 13.2 Å². The SMILES string of the molecule is CCN(CC)CCN(C(=O)c1ccccc1Br)c1nc2c(S(C)(=O)=O)cccc2s1.Cl. The van der Waals surface area contributed by atoms with Crippen LogP contribution in [0.15, 0.2) is 51.8 Å². The molecule has 10 heteroatoms. The number of aromatic nitrogens is 1. The Labute approximate surface area is 201 Å². The molecule has 1 aromatic heterocycles. The van der Waals surface area contributed by atoms with Crippen LogP contribution in [-0.2, 0) is 9.84 Å². The first-order chi connectivity index (χ1) is 14.3. The third-order valence-corrected chi connectivity index (χ3v) is 7.75. The van der Waals surface area contributed by atoms with Crippen molar-refractivity contribution in [1.82, 2.24) is 9.88 Å². The molecule has 168 valence electrons. The number of nitrogens with zero attached hydrogens (tertiary/aromatic N) is 3. The minimum absolute atomic E-state index is 0. The number of halogens is 2. The minimum atomic E-state index is -3.43. The van der Waals surface area contributed by atoms with Crippen LogP contribution >= 0.6 is 39.7 Å². The molecule has 6 nitrogen and oxygen atoms in total. The summed E-state index contributed by atoms with van der Waals surface area (Å²) in [6, 6.07) is 12.4. The van der Waals surface area contributed by atoms with Crippen LogP contribution in [0.1, 0.15) is 24.2 Å². The standard InChI is InChI=1S/C21H24BrN3O3S2.ClH/c1-4-24(5-2)13-14-25(20(26)15-9-6-7-10-16(15)22)21-23-19-17(29-21)11-8-12-18(19)30(3,27)28;/h6-12H,4-5,13-14H2,1-3H3;1H. The number of anilines is 1. The molecule has 0 aliphatic rings. The summed E-state index contributed by atoms with van der Waals surface area (Å²) in [6.07, 6.45) is 1.17. The second kappa shape index (κ2) is 10.9. The second-order valence-electron chi connectivity index (χ2n) is 6.84. The molecule has 0 radical (unpaired) electrons. The van der Waals surface area contributed by atoms with E-state index in [1.165, 1.54) is 17.6 Å². The number of thiazole rings is 1. The van der Waals surface area contributed by atoms with Gasteiger partial charge in [0.25, 0.3) is 5.91 Å². The van der Waals surface area contributed by atoms with Crippen molar-refractivity contribution in [3.05, 3.63) is 52.5 Å². The molecular weight excluding hydrogens is 522 g/mol. The smallest absolute Gasteiger partial charge is 0.261 e. The zero-order chi connectivity index (χ0) is 21.9. The van der Waals surface area contributed by atoms with Gasteiger partial charge in [0.05, 0.1) is 15.2 Å². The van der Waals surface area contributed by atoms with Crippen LogP contribution < -0.4 is 4.90 Å². The number of hydrogen-bond donors (Lipinski definition) is 0. The Bertz CT molecular complexity index is 1160. The third-order valence-electron chi connectivity index (χ3n) is 4.88. The number of fused-ring (bicyclic) bond motifs is 1. The summed E-state index contributed by atoms with van der Waals surface area (Å²) in [4.78, 5) is 22.1. The van der Waals surface area contributed by atoms with E-state index in [1.54, 1.807) is 23.1 Å². The van der Waals surface area contributed by atoms with Gasteiger partial charge in [0, 0.05) is 23.8 Å². The van der Waals surface area contributed by atoms with E-state index in [0.29, 0.717) is 33.8 Å². The molecule has 0 fully saturated rings. The summed E-state index contributed by atoms with van der Waals surface area (Å²) in [5, 5.41) is 0.494. The number of hydrogen-bond acceptors (Lipinski definition) is 6. The summed E-state index contributed by atoms with van der Waals surface area (Å²) in [6.45, 7) is 7.07. The van der Waals surface area contributed by atoms with E-state index >= 15 is 0 Å². The van der Waals surface area contributed by atoms with E-state index in [1.807, 2.05) is 24.3 Å². The molecule has 1 heterocycles. The largest absolute Gasteiger partial charge is 0.302 e. The van der Waals surface area contributed by atoms with Gasteiger partial charge in [-0.3, -0.25) is 9.69 Å². The Morgan fingerprint density at radius 3 is 2.35 bits per heavy atom. The zero-order valence-electron chi connectivity index (χ0n) is 17.5. The fourth-order valence-electron chi connectivity index (χ4n) is 3.17. The molecule has 0 saturated heterocycles. The number of benzene rings is 2. The van der Waals surface area contributed by atoms with E-state index in [2.05, 4.69) is 39.7 Å². The maximum Gasteiger partial charge on any atom is 0.261 e. The van der Waals surface area contributed by atoms with Crippen molar-refractivity contribution in [2.75, 3.05) is 37.3 Å². The van der Waals surface area contributed by atoms with Gasteiger partial charge in [-0.05, 0) is 53.3 Å². The number of likely N-dealkylation sites (N-methyl/N-ethyl adjacent to an activating group) is 1. The summed E-state index contributed by atoms with van der Waals surface area (Å²) >= 11 is 4.79. The van der Waals surface area contributed by atoms with Crippen LogP contribution in [0, 0.1) is 0 Å². The van der Waals surface area contributed by atoms with Gasteiger partial charge < -0.3 is 4.90 Å². The number of para-hydroxylation sites is 1. The first-order valence-corrected chi connectivity index (χ1v) is 13.1. The van der Waals surface area contributed by atoms with Crippen molar-refractivity contribution in [2.24, 2.45) is 0 Å². The fraction of sp³-hybridized carbons (Fsp3) is 0.333. The highest BCUT2D eigenvalue weighted by Gasteiger charge is 2.25. The van der Waals surface area contributed by atoms with Gasteiger partial charge in [-0.25, -0.2) is 13.4 Å². The molecular formula is C21H25BrClN3O3S2. The van der Waals surface area contributed by atoms with Gasteiger partial charge in [-0.1, -0.05) is 43.4 Å². The fourth-order valence-corrected chi connectivity index (χ4v) is 5.54. The zero-order valence-corrected chi connectivity index (χ0v) is 21.6. The number of carbonyl (C=O) groups excluding carboxylic acids is 1. The van der Waals surface area contributed by atoms with Crippen molar-refractivity contribution in [3.63, 3.8) is 0 Å². The molecule has 0 atom stereocenters. The number of rotatable bonds is 8. The van der Waals surface area contributed by atoms with Gasteiger partial charge >= 0.3 is 0 Å². The molecule has 0 unspecified atom stereocenters. The predicted molar refractivity (Wildman–Crippen MR) is 134 cm³/mol. The highest BCUT2D eigenvalue weighted by Crippen LogP contribution is 2.33. The summed E-state index contributed by atoms with van der Waals surface area (Å²) in [5.41, 5.74) is 0.951. The predicted octanol–water partition coefficient (Wildman–Crippen LogP) is 4.87. The van der Waals surface area contributed by atoms with Gasteiger partial charge in [0.2, 0.25) is 0 Å². The van der Waals surface area contributed by atoms with E-state index in [-0.39, 0.29) is 23.2 Å². The van der Waals surface area contributed by atoms with E-state index < -0.39 is 9.84 Å². The van der Waals surface area contributed by atoms with E-state index in [0.717, 1.165) is 17.8 Å². The van der Waals surface area contributed by atoms with Crippen LogP contribution in [0.2, 0.25) is 0 Å². The van der Waals surface area contributed by atoms with Gasteiger partial charge in [0.1, 0.15) is 5.52 Å². The molecule has 1 amide bonds. The maximum atomic E-state index is 13.4. The monoisotopic (exact) mass is 545 g/mol. The average molecular weight is 547 g/mol. The Hall–Kier alpha value is -1.52. The van der Waals surface area contributed by atoms with E-state index in [4.69, 9.17) is 0 Å². The molecule has 0 aliphatic carbocycles. The first kappa shape index (κ1) is 25.7. The maximum absolute atomic E-state index is 13.4. The summed E-state index contributed by atoms with van der Waals surface area (Å²) in [7, 11) is -3.43. The van der Waals surface area contributed by atoms with E-state index in [9.17, 15) is 13.2 Å². The van der Waals surface area contributed by atoms with Crippen LogP contribution in [0.25, 0.3) is 10.2 Å². The topological polar surface area (TPSA) is 70.6 Å². The summed E-state index contributed by atoms with van der Waals surface area (Å²) < 4.78 is 25.8. The molecule has 0 saturated carbocycles. The molecule has 0 N–H and O–H groups in total.